The first kappa shape index (κ1) is 13.3. The van der Waals surface area contributed by atoms with Crippen LogP contribution in [0.25, 0.3) is 22.8 Å². The third-order valence-electron chi connectivity index (χ3n) is 3.26. The average molecular weight is 283 g/mol. The molecule has 1 aromatic heterocycles. The molecule has 4 nitrogen and oxygen atoms in total. The van der Waals surface area contributed by atoms with Gasteiger partial charge in [0, 0.05) is 23.9 Å². The second-order valence-corrected chi connectivity index (χ2v) is 4.71. The quantitative estimate of drug-likeness (QED) is 0.792. The molecule has 0 aliphatic heterocycles. The van der Waals surface area contributed by atoms with Gasteiger partial charge in [-0.15, -0.1) is 0 Å². The molecule has 0 bridgehead atoms. The Hall–Kier alpha value is -2.69. The lowest BCUT2D eigenvalue weighted by Crippen LogP contribution is -1.87. The van der Waals surface area contributed by atoms with Crippen LogP contribution in [0.5, 0.6) is 0 Å². The largest absolute Gasteiger partial charge is 0.388 e. The molecule has 0 atom stereocenters. The van der Waals surface area contributed by atoms with E-state index in [4.69, 9.17) is 4.52 Å². The Morgan fingerprint density at radius 3 is 2.43 bits per heavy atom. The number of nitrogens with one attached hydrogen (secondary N) is 1. The summed E-state index contributed by atoms with van der Waals surface area (Å²) in [5, 5.41) is 7.00. The van der Waals surface area contributed by atoms with Gasteiger partial charge in [-0.2, -0.15) is 4.98 Å². The Morgan fingerprint density at radius 2 is 1.76 bits per heavy atom. The van der Waals surface area contributed by atoms with E-state index in [1.807, 2.05) is 31.3 Å². The standard InChI is InChI=1S/C16H14FN3O/c1-10-9-12(5-8-14(10)17)15-19-16(21-20-15)11-3-6-13(18-2)7-4-11/h3-9,18H,1-2H3. The summed E-state index contributed by atoms with van der Waals surface area (Å²) in [4.78, 5) is 4.36. The molecule has 106 valence electrons. The maximum atomic E-state index is 13.3. The van der Waals surface area contributed by atoms with Crippen molar-refractivity contribution in [3.63, 3.8) is 0 Å². The molecule has 0 radical (unpaired) electrons. The fourth-order valence-corrected chi connectivity index (χ4v) is 2.02. The molecule has 0 fully saturated rings. The Labute approximate surface area is 121 Å². The molecular formula is C16H14FN3O. The predicted molar refractivity (Wildman–Crippen MR) is 79.4 cm³/mol. The molecule has 0 amide bonds. The highest BCUT2D eigenvalue weighted by atomic mass is 19.1. The molecule has 0 saturated heterocycles. The van der Waals surface area contributed by atoms with E-state index in [-0.39, 0.29) is 5.82 Å². The third kappa shape index (κ3) is 2.63. The van der Waals surface area contributed by atoms with Crippen molar-refractivity contribution in [3.8, 4) is 22.8 Å². The van der Waals surface area contributed by atoms with Gasteiger partial charge in [-0.25, -0.2) is 4.39 Å². The van der Waals surface area contributed by atoms with E-state index in [9.17, 15) is 4.39 Å². The van der Waals surface area contributed by atoms with Gasteiger partial charge in [0.2, 0.25) is 5.82 Å². The number of hydrogen-bond donors (Lipinski definition) is 1. The van der Waals surface area contributed by atoms with Gasteiger partial charge in [-0.1, -0.05) is 5.16 Å². The van der Waals surface area contributed by atoms with Gasteiger partial charge in [-0.3, -0.25) is 0 Å². The third-order valence-corrected chi connectivity index (χ3v) is 3.26. The van der Waals surface area contributed by atoms with Crippen molar-refractivity contribution in [2.24, 2.45) is 0 Å². The molecule has 5 heteroatoms. The minimum atomic E-state index is -0.245. The van der Waals surface area contributed by atoms with Crippen LogP contribution in [0, 0.1) is 12.7 Å². The van der Waals surface area contributed by atoms with Gasteiger partial charge in [0.25, 0.3) is 5.89 Å². The first-order chi connectivity index (χ1) is 10.2. The lowest BCUT2D eigenvalue weighted by atomic mass is 10.1. The summed E-state index contributed by atoms with van der Waals surface area (Å²) >= 11 is 0. The highest BCUT2D eigenvalue weighted by Gasteiger charge is 2.11. The first-order valence-electron chi connectivity index (χ1n) is 6.56. The van der Waals surface area contributed by atoms with Gasteiger partial charge >= 0.3 is 0 Å². The van der Waals surface area contributed by atoms with E-state index in [0.717, 1.165) is 16.8 Å². The van der Waals surface area contributed by atoms with Crippen LogP contribution in [0.4, 0.5) is 10.1 Å². The molecule has 1 N–H and O–H groups in total. The van der Waals surface area contributed by atoms with Crippen LogP contribution in [0.3, 0.4) is 0 Å². The fourth-order valence-electron chi connectivity index (χ4n) is 2.02. The van der Waals surface area contributed by atoms with E-state index in [2.05, 4.69) is 15.5 Å². The number of anilines is 1. The van der Waals surface area contributed by atoms with Crippen molar-refractivity contribution in [2.45, 2.75) is 6.92 Å². The van der Waals surface area contributed by atoms with Crippen molar-refractivity contribution >= 4 is 5.69 Å². The lowest BCUT2D eigenvalue weighted by molar-refractivity contribution is 0.432. The smallest absolute Gasteiger partial charge is 0.258 e. The molecule has 2 aromatic carbocycles. The summed E-state index contributed by atoms with van der Waals surface area (Å²) in [5.41, 5.74) is 3.13. The molecule has 0 aliphatic rings. The summed E-state index contributed by atoms with van der Waals surface area (Å²) in [7, 11) is 1.86. The Kier molecular flexibility index (Phi) is 3.39. The number of hydrogen-bond acceptors (Lipinski definition) is 4. The second kappa shape index (κ2) is 5.36. The average Bonchev–Trinajstić information content (AvgIpc) is 3.00. The molecule has 0 unspecified atom stereocenters. The van der Waals surface area contributed by atoms with E-state index in [1.54, 1.807) is 19.1 Å². The molecule has 0 saturated carbocycles. The topological polar surface area (TPSA) is 51.0 Å². The molecule has 21 heavy (non-hydrogen) atoms. The lowest BCUT2D eigenvalue weighted by Gasteiger charge is -1.99. The van der Waals surface area contributed by atoms with E-state index in [0.29, 0.717) is 17.3 Å². The maximum Gasteiger partial charge on any atom is 0.258 e. The zero-order chi connectivity index (χ0) is 14.8. The number of aryl methyl sites for hydroxylation is 1. The number of benzene rings is 2. The van der Waals surface area contributed by atoms with Gasteiger partial charge in [0.1, 0.15) is 5.82 Å². The van der Waals surface area contributed by atoms with E-state index < -0.39 is 0 Å². The normalized spacial score (nSPS) is 10.6. The summed E-state index contributed by atoms with van der Waals surface area (Å²) in [6.07, 6.45) is 0. The SMILES string of the molecule is CNc1ccc(-c2nc(-c3ccc(F)c(C)c3)no2)cc1. The van der Waals surface area contributed by atoms with Gasteiger partial charge in [0.15, 0.2) is 0 Å². The van der Waals surface area contributed by atoms with Crippen molar-refractivity contribution < 1.29 is 8.91 Å². The number of aromatic nitrogens is 2. The Morgan fingerprint density at radius 1 is 1.05 bits per heavy atom. The molecule has 1 heterocycles. The van der Waals surface area contributed by atoms with Gasteiger partial charge < -0.3 is 9.84 Å². The van der Waals surface area contributed by atoms with Crippen molar-refractivity contribution in [1.29, 1.82) is 0 Å². The molecule has 0 aliphatic carbocycles. The van der Waals surface area contributed by atoms with Crippen LogP contribution in [0.1, 0.15) is 5.56 Å². The van der Waals surface area contributed by atoms with Crippen LogP contribution in [-0.4, -0.2) is 17.2 Å². The van der Waals surface area contributed by atoms with Gasteiger partial charge in [-0.05, 0) is 55.0 Å². The molecule has 3 rings (SSSR count). The fraction of sp³-hybridized carbons (Fsp3) is 0.125. The summed E-state index contributed by atoms with van der Waals surface area (Å²) in [6, 6.07) is 12.4. The van der Waals surface area contributed by atoms with Crippen molar-refractivity contribution in [2.75, 3.05) is 12.4 Å². The summed E-state index contributed by atoms with van der Waals surface area (Å²) in [6.45, 7) is 1.70. The summed E-state index contributed by atoms with van der Waals surface area (Å²) < 4.78 is 18.6. The number of nitrogens with zero attached hydrogens (tertiary/aromatic N) is 2. The first-order valence-corrected chi connectivity index (χ1v) is 6.56. The van der Waals surface area contributed by atoms with E-state index >= 15 is 0 Å². The molecular weight excluding hydrogens is 269 g/mol. The molecule has 0 spiro atoms. The van der Waals surface area contributed by atoms with Crippen LogP contribution in [-0.2, 0) is 0 Å². The molecule has 3 aromatic rings. The number of halogens is 1. The van der Waals surface area contributed by atoms with E-state index in [1.165, 1.54) is 6.07 Å². The predicted octanol–water partition coefficient (Wildman–Crippen LogP) is 3.89. The monoisotopic (exact) mass is 283 g/mol. The van der Waals surface area contributed by atoms with Crippen LogP contribution in [0.2, 0.25) is 0 Å². The van der Waals surface area contributed by atoms with Crippen LogP contribution in [0.15, 0.2) is 47.0 Å². The Bertz CT molecular complexity index is 765. The Balaban J connectivity index is 1.93. The van der Waals surface area contributed by atoms with Crippen LogP contribution < -0.4 is 5.32 Å². The second-order valence-electron chi connectivity index (χ2n) is 4.71. The maximum absolute atomic E-state index is 13.3. The van der Waals surface area contributed by atoms with Crippen LogP contribution >= 0.6 is 0 Å². The minimum absolute atomic E-state index is 0.245. The minimum Gasteiger partial charge on any atom is -0.388 e. The zero-order valence-corrected chi connectivity index (χ0v) is 11.7. The highest BCUT2D eigenvalue weighted by molar-refractivity contribution is 5.62. The summed E-state index contributed by atoms with van der Waals surface area (Å²) in [5.74, 6) is 0.644. The highest BCUT2D eigenvalue weighted by Crippen LogP contribution is 2.24. The zero-order valence-electron chi connectivity index (χ0n) is 11.7. The number of rotatable bonds is 3. The van der Waals surface area contributed by atoms with Crippen molar-refractivity contribution in [1.82, 2.24) is 10.1 Å². The van der Waals surface area contributed by atoms with Crippen molar-refractivity contribution in [3.05, 3.63) is 53.8 Å². The van der Waals surface area contributed by atoms with Gasteiger partial charge in [0.05, 0.1) is 0 Å².